The normalized spacial score (nSPS) is 28.6. The standard InChI is InChI=1S/C25H23F3N4O6S2/c1-39(35,36)30-14-5-7-16-17(9-14)40(37,38)31-24(29-16)19-23(33)18-11-2-3-12(8-11)22(18)32(25(19)34)10-13-4-6-15(26)21(28)20(13)27/h4-7,9,11-12,18-19,22,30H,2-3,8,10H2,1H3,(H,29,31). The van der Waals surface area contributed by atoms with Gasteiger partial charge >= 0.3 is 0 Å². The number of amides is 1. The lowest BCUT2D eigenvalue weighted by molar-refractivity contribution is -0.153. The molecule has 0 radical (unpaired) electrons. The number of Topliss-reactive ketones (excluding diaryl/α,β-unsaturated/α-hetero) is 1. The van der Waals surface area contributed by atoms with Gasteiger partial charge < -0.3 is 10.2 Å². The minimum absolute atomic E-state index is 0.0158. The van der Waals surface area contributed by atoms with Crippen molar-refractivity contribution in [3.63, 3.8) is 0 Å². The van der Waals surface area contributed by atoms with Gasteiger partial charge in [-0.2, -0.15) is 8.42 Å². The summed E-state index contributed by atoms with van der Waals surface area (Å²) in [6.45, 7) is -0.437. The van der Waals surface area contributed by atoms with E-state index in [9.17, 15) is 39.6 Å². The maximum atomic E-state index is 14.6. The summed E-state index contributed by atoms with van der Waals surface area (Å²) in [4.78, 5) is 28.6. The van der Waals surface area contributed by atoms with Gasteiger partial charge in [0.1, 0.15) is 10.7 Å². The number of likely N-dealkylation sites (tertiary alicyclic amines) is 1. The summed E-state index contributed by atoms with van der Waals surface area (Å²) in [6, 6.07) is 4.86. The number of carbonyl (C=O) groups excluding carboxylic acids is 2. The van der Waals surface area contributed by atoms with Crippen LogP contribution in [0.1, 0.15) is 24.8 Å². The van der Waals surface area contributed by atoms with Gasteiger partial charge in [-0.05, 0) is 55.4 Å². The third-order valence-corrected chi connectivity index (χ3v) is 10.1. The monoisotopic (exact) mass is 596 g/mol. The molecule has 5 unspecified atom stereocenters. The van der Waals surface area contributed by atoms with Crippen molar-refractivity contribution in [3.05, 3.63) is 53.3 Å². The Kier molecular flexibility index (Phi) is 6.04. The third-order valence-electron chi connectivity index (χ3n) is 8.15. The van der Waals surface area contributed by atoms with Crippen LogP contribution in [-0.2, 0) is 36.2 Å². The van der Waals surface area contributed by atoms with E-state index in [1.54, 1.807) is 0 Å². The zero-order chi connectivity index (χ0) is 28.7. The van der Waals surface area contributed by atoms with Crippen molar-refractivity contribution >= 4 is 48.9 Å². The van der Waals surface area contributed by atoms with Crippen LogP contribution in [0.5, 0.6) is 0 Å². The lowest BCUT2D eigenvalue weighted by Crippen LogP contribution is -2.61. The molecule has 212 valence electrons. The number of piperidine rings is 1. The van der Waals surface area contributed by atoms with Crippen LogP contribution in [0.2, 0.25) is 0 Å². The minimum Gasteiger partial charge on any atom is -0.341 e. The predicted molar refractivity (Wildman–Crippen MR) is 137 cm³/mol. The van der Waals surface area contributed by atoms with Crippen molar-refractivity contribution in [2.45, 2.75) is 36.7 Å². The van der Waals surface area contributed by atoms with Gasteiger partial charge in [0.15, 0.2) is 29.2 Å². The van der Waals surface area contributed by atoms with Crippen LogP contribution in [-0.4, -0.2) is 51.6 Å². The fourth-order valence-electron chi connectivity index (χ4n) is 6.62. The molecule has 2 saturated carbocycles. The lowest BCUT2D eigenvalue weighted by atomic mass is 9.73. The Morgan fingerprint density at radius 3 is 2.52 bits per heavy atom. The number of halogens is 3. The molecule has 2 aliphatic heterocycles. The van der Waals surface area contributed by atoms with Crippen LogP contribution in [0.4, 0.5) is 24.5 Å². The average molecular weight is 597 g/mol. The zero-order valence-electron chi connectivity index (χ0n) is 20.9. The fourth-order valence-corrected chi connectivity index (χ4v) is 8.36. The van der Waals surface area contributed by atoms with Crippen molar-refractivity contribution < 1.29 is 39.6 Å². The van der Waals surface area contributed by atoms with E-state index in [1.807, 2.05) is 0 Å². The highest BCUT2D eigenvalue weighted by atomic mass is 32.2. The Balaban J connectivity index is 1.39. The van der Waals surface area contributed by atoms with Gasteiger partial charge in [0.2, 0.25) is 15.9 Å². The number of ketones is 1. The predicted octanol–water partition coefficient (Wildman–Crippen LogP) is 2.63. The van der Waals surface area contributed by atoms with Crippen molar-refractivity contribution in [3.8, 4) is 0 Å². The van der Waals surface area contributed by atoms with E-state index < -0.39 is 79.4 Å². The van der Waals surface area contributed by atoms with E-state index in [-0.39, 0.29) is 33.7 Å². The molecule has 0 spiro atoms. The molecule has 1 saturated heterocycles. The topological polar surface area (TPSA) is 142 Å². The first-order chi connectivity index (χ1) is 18.7. The smallest absolute Gasteiger partial charge is 0.286 e. The van der Waals surface area contributed by atoms with Gasteiger partial charge in [-0.25, -0.2) is 21.6 Å². The minimum atomic E-state index is -4.47. The maximum Gasteiger partial charge on any atom is 0.286 e. The molecule has 2 heterocycles. The molecular formula is C25H23F3N4O6S2. The molecule has 5 atom stereocenters. The number of carbonyl (C=O) groups is 2. The number of nitrogens with one attached hydrogen (secondary N) is 2. The Bertz CT molecular complexity index is 1730. The van der Waals surface area contributed by atoms with Crippen molar-refractivity contribution in [2.75, 3.05) is 16.3 Å². The number of benzene rings is 2. The highest BCUT2D eigenvalue weighted by molar-refractivity contribution is 7.92. The Hall–Kier alpha value is -3.46. The molecule has 40 heavy (non-hydrogen) atoms. The van der Waals surface area contributed by atoms with Gasteiger partial charge in [-0.1, -0.05) is 6.07 Å². The highest BCUT2D eigenvalue weighted by Gasteiger charge is 2.60. The van der Waals surface area contributed by atoms with E-state index in [4.69, 9.17) is 0 Å². The second-order valence-corrected chi connectivity index (χ2v) is 14.0. The summed E-state index contributed by atoms with van der Waals surface area (Å²) in [5.74, 6) is -8.63. The summed E-state index contributed by atoms with van der Waals surface area (Å²) in [7, 11) is -8.18. The molecule has 6 rings (SSSR count). The number of anilines is 2. The second-order valence-electron chi connectivity index (χ2n) is 10.6. The number of hydrogen-bond acceptors (Lipinski definition) is 7. The van der Waals surface area contributed by atoms with Gasteiger partial charge in [0.25, 0.3) is 10.0 Å². The first-order valence-corrected chi connectivity index (χ1v) is 15.8. The van der Waals surface area contributed by atoms with Crippen LogP contribution in [0.25, 0.3) is 0 Å². The summed E-state index contributed by atoms with van der Waals surface area (Å²) >= 11 is 0. The Labute approximate surface area is 227 Å². The van der Waals surface area contributed by atoms with Crippen molar-refractivity contribution in [1.29, 1.82) is 0 Å². The van der Waals surface area contributed by atoms with Crippen LogP contribution in [0, 0.1) is 41.1 Å². The van der Waals surface area contributed by atoms with Gasteiger partial charge in [-0.15, -0.1) is 4.40 Å². The first-order valence-electron chi connectivity index (χ1n) is 12.5. The van der Waals surface area contributed by atoms with Gasteiger partial charge in [0, 0.05) is 29.8 Å². The zero-order valence-corrected chi connectivity index (χ0v) is 22.5. The molecule has 3 fully saturated rings. The highest BCUT2D eigenvalue weighted by Crippen LogP contribution is 2.54. The van der Waals surface area contributed by atoms with Crippen molar-refractivity contribution in [1.82, 2.24) is 4.90 Å². The van der Waals surface area contributed by atoms with E-state index >= 15 is 0 Å². The SMILES string of the molecule is CS(=O)(=O)Nc1ccc2c(c1)S(=O)(=O)N=C(C1C(=O)C3C4CCC(C4)C3N(Cc3ccc(F)c(F)c3F)C1=O)N2. The number of sulfonamides is 2. The molecule has 4 aliphatic rings. The number of rotatable bonds is 5. The third kappa shape index (κ3) is 4.26. The fraction of sp³-hybridized carbons (Fsp3) is 0.400. The summed E-state index contributed by atoms with van der Waals surface area (Å²) in [6.07, 6.45) is 3.05. The number of fused-ring (bicyclic) bond motifs is 6. The van der Waals surface area contributed by atoms with E-state index in [1.165, 1.54) is 17.0 Å². The summed E-state index contributed by atoms with van der Waals surface area (Å²) in [5.41, 5.74) is -0.318. The summed E-state index contributed by atoms with van der Waals surface area (Å²) < 4.78 is 97.5. The molecule has 2 aliphatic carbocycles. The maximum absolute atomic E-state index is 14.6. The molecular weight excluding hydrogens is 573 g/mol. The van der Waals surface area contributed by atoms with E-state index in [0.717, 1.165) is 37.3 Å². The van der Waals surface area contributed by atoms with Gasteiger partial charge in [-0.3, -0.25) is 14.3 Å². The van der Waals surface area contributed by atoms with E-state index in [2.05, 4.69) is 14.4 Å². The quantitative estimate of drug-likeness (QED) is 0.399. The molecule has 15 heteroatoms. The number of amidine groups is 1. The second kappa shape index (κ2) is 9.03. The van der Waals surface area contributed by atoms with Crippen LogP contribution >= 0.6 is 0 Å². The molecule has 2 aromatic carbocycles. The molecule has 10 nitrogen and oxygen atoms in total. The lowest BCUT2D eigenvalue weighted by Gasteiger charge is -2.45. The molecule has 2 aromatic rings. The Morgan fingerprint density at radius 1 is 1.07 bits per heavy atom. The van der Waals surface area contributed by atoms with E-state index in [0.29, 0.717) is 6.42 Å². The largest absolute Gasteiger partial charge is 0.341 e. The molecule has 2 bridgehead atoms. The molecule has 2 N–H and O–H groups in total. The van der Waals surface area contributed by atoms with Crippen LogP contribution in [0.3, 0.4) is 0 Å². The van der Waals surface area contributed by atoms with Crippen LogP contribution < -0.4 is 10.0 Å². The summed E-state index contributed by atoms with van der Waals surface area (Å²) in [5, 5.41) is 2.75. The van der Waals surface area contributed by atoms with Gasteiger partial charge in [0.05, 0.1) is 11.9 Å². The molecule has 1 amide bonds. The average Bonchev–Trinajstić information content (AvgIpc) is 3.48. The van der Waals surface area contributed by atoms with Crippen LogP contribution in [0.15, 0.2) is 39.6 Å². The number of hydrogen-bond donors (Lipinski definition) is 2. The Morgan fingerprint density at radius 2 is 1.80 bits per heavy atom. The number of nitrogens with zero attached hydrogens (tertiary/aromatic N) is 2. The molecule has 0 aromatic heterocycles. The first kappa shape index (κ1) is 26.7. The van der Waals surface area contributed by atoms with Crippen molar-refractivity contribution in [2.24, 2.45) is 28.1 Å².